The average Bonchev–Trinajstić information content (AvgIpc) is 3.59. The minimum Gasteiger partial charge on any atom is -0.346 e. The second-order valence-electron chi connectivity index (χ2n) is 9.18. The number of hydrogen-bond acceptors (Lipinski definition) is 6. The SMILES string of the molecule is O=C1[C@@H]2[C@H](C(=O)N1CCN1CCN(c3nc(-c4ccc(Br)cc4)cs3)CC1)[C@@H]1C=C[C@H]2C1. The standard InChI is InChI=1S/C24H25BrN4O2S/c25-18-5-3-15(4-6-18)19-14-32-24(26-19)28-10-7-27(8-11-28)9-12-29-22(30)20-16-1-2-17(13-16)21(20)23(29)31/h1-6,14,16-17,20-21H,7-13H2/t16-,17+,20-,21+. The summed E-state index contributed by atoms with van der Waals surface area (Å²) < 4.78 is 1.07. The molecule has 0 spiro atoms. The third-order valence-electron chi connectivity index (χ3n) is 7.48. The molecule has 0 radical (unpaired) electrons. The van der Waals surface area contributed by atoms with Gasteiger partial charge in [0.05, 0.1) is 17.5 Å². The number of rotatable bonds is 5. The van der Waals surface area contributed by atoms with Crippen molar-refractivity contribution in [1.29, 1.82) is 0 Å². The molecule has 3 heterocycles. The van der Waals surface area contributed by atoms with Gasteiger partial charge in [-0.15, -0.1) is 11.3 Å². The van der Waals surface area contributed by atoms with Crippen LogP contribution in [-0.4, -0.2) is 65.9 Å². The van der Waals surface area contributed by atoms with Crippen molar-refractivity contribution in [3.8, 4) is 11.3 Å². The van der Waals surface area contributed by atoms with Crippen LogP contribution in [0.3, 0.4) is 0 Å². The third-order valence-corrected chi connectivity index (χ3v) is 8.91. The van der Waals surface area contributed by atoms with Gasteiger partial charge < -0.3 is 4.90 Å². The minimum absolute atomic E-state index is 0.0683. The van der Waals surface area contributed by atoms with Crippen LogP contribution >= 0.6 is 27.3 Å². The maximum atomic E-state index is 12.9. The van der Waals surface area contributed by atoms with Crippen molar-refractivity contribution in [2.45, 2.75) is 6.42 Å². The van der Waals surface area contributed by atoms with Crippen LogP contribution in [0.25, 0.3) is 11.3 Å². The highest BCUT2D eigenvalue weighted by Crippen LogP contribution is 2.52. The number of carbonyl (C=O) groups is 2. The molecule has 4 atom stereocenters. The summed E-state index contributed by atoms with van der Waals surface area (Å²) in [6.45, 7) is 4.94. The van der Waals surface area contributed by atoms with E-state index in [2.05, 4.69) is 55.4 Å². The highest BCUT2D eigenvalue weighted by Gasteiger charge is 2.59. The largest absolute Gasteiger partial charge is 0.346 e. The summed E-state index contributed by atoms with van der Waals surface area (Å²) >= 11 is 5.17. The van der Waals surface area contributed by atoms with Gasteiger partial charge in [-0.25, -0.2) is 4.98 Å². The minimum atomic E-state index is -0.0841. The maximum Gasteiger partial charge on any atom is 0.233 e. The van der Waals surface area contributed by atoms with E-state index >= 15 is 0 Å². The van der Waals surface area contributed by atoms with E-state index < -0.39 is 0 Å². The molecule has 1 aromatic heterocycles. The number of anilines is 1. The summed E-state index contributed by atoms with van der Waals surface area (Å²) in [5.41, 5.74) is 2.14. The zero-order chi connectivity index (χ0) is 21.8. The Balaban J connectivity index is 1.03. The van der Waals surface area contributed by atoms with Crippen molar-refractivity contribution in [2.75, 3.05) is 44.2 Å². The van der Waals surface area contributed by atoms with Crippen molar-refractivity contribution in [3.63, 3.8) is 0 Å². The number of nitrogens with zero attached hydrogens (tertiary/aromatic N) is 4. The number of benzene rings is 1. The Labute approximate surface area is 200 Å². The van der Waals surface area contributed by atoms with Gasteiger partial charge in [0.25, 0.3) is 0 Å². The predicted octanol–water partition coefficient (Wildman–Crippen LogP) is 3.50. The molecule has 2 aromatic rings. The molecule has 6 nitrogen and oxygen atoms in total. The number of thiazole rings is 1. The van der Waals surface area contributed by atoms with Gasteiger partial charge in [0, 0.05) is 54.7 Å². The number of carbonyl (C=O) groups excluding carboxylic acids is 2. The number of allylic oxidation sites excluding steroid dienone is 2. The van der Waals surface area contributed by atoms with Crippen LogP contribution in [-0.2, 0) is 9.59 Å². The zero-order valence-electron chi connectivity index (χ0n) is 17.7. The lowest BCUT2D eigenvalue weighted by Crippen LogP contribution is -2.49. The molecule has 3 fully saturated rings. The number of aromatic nitrogens is 1. The maximum absolute atomic E-state index is 12.9. The smallest absolute Gasteiger partial charge is 0.233 e. The number of amides is 2. The number of fused-ring (bicyclic) bond motifs is 5. The summed E-state index contributed by atoms with van der Waals surface area (Å²) in [7, 11) is 0. The number of likely N-dealkylation sites (tertiary alicyclic amines) is 1. The Morgan fingerprint density at radius 2 is 1.59 bits per heavy atom. The first kappa shape index (κ1) is 20.6. The summed E-state index contributed by atoms with van der Waals surface area (Å²) in [6, 6.07) is 8.24. The molecule has 0 unspecified atom stereocenters. The van der Waals surface area contributed by atoms with Gasteiger partial charge in [-0.1, -0.05) is 40.2 Å². The van der Waals surface area contributed by atoms with Crippen molar-refractivity contribution >= 4 is 44.2 Å². The van der Waals surface area contributed by atoms with Crippen LogP contribution in [0.4, 0.5) is 5.13 Å². The summed E-state index contributed by atoms with van der Waals surface area (Å²) in [5.74, 6) is 0.544. The lowest BCUT2D eigenvalue weighted by atomic mass is 9.85. The molecular weight excluding hydrogens is 488 g/mol. The molecule has 1 saturated carbocycles. The Bertz CT molecular complexity index is 1050. The molecule has 166 valence electrons. The van der Waals surface area contributed by atoms with Crippen LogP contribution in [0.15, 0.2) is 46.3 Å². The van der Waals surface area contributed by atoms with E-state index in [1.807, 2.05) is 12.1 Å². The predicted molar refractivity (Wildman–Crippen MR) is 128 cm³/mol. The van der Waals surface area contributed by atoms with Gasteiger partial charge in [0.15, 0.2) is 5.13 Å². The van der Waals surface area contributed by atoms with E-state index in [9.17, 15) is 9.59 Å². The van der Waals surface area contributed by atoms with E-state index in [0.29, 0.717) is 6.54 Å². The van der Waals surface area contributed by atoms with Gasteiger partial charge in [-0.3, -0.25) is 19.4 Å². The quantitative estimate of drug-likeness (QED) is 0.453. The van der Waals surface area contributed by atoms with Gasteiger partial charge in [0.1, 0.15) is 0 Å². The van der Waals surface area contributed by atoms with Crippen LogP contribution in [0.1, 0.15) is 6.42 Å². The molecule has 0 N–H and O–H groups in total. The molecule has 6 rings (SSSR count). The normalized spacial score (nSPS) is 29.4. The zero-order valence-corrected chi connectivity index (χ0v) is 20.1. The number of imide groups is 1. The van der Waals surface area contributed by atoms with E-state index in [-0.39, 0.29) is 35.5 Å². The Morgan fingerprint density at radius 1 is 0.938 bits per heavy atom. The molecule has 32 heavy (non-hydrogen) atoms. The molecule has 2 amide bonds. The van der Waals surface area contributed by atoms with Crippen LogP contribution < -0.4 is 4.90 Å². The fourth-order valence-electron chi connectivity index (χ4n) is 5.75. The highest BCUT2D eigenvalue weighted by molar-refractivity contribution is 9.10. The van der Waals surface area contributed by atoms with Gasteiger partial charge in [-0.2, -0.15) is 0 Å². The second kappa shape index (κ2) is 8.08. The van der Waals surface area contributed by atoms with Crippen molar-refractivity contribution in [3.05, 3.63) is 46.3 Å². The Hall–Kier alpha value is -2.03. The number of hydrogen-bond donors (Lipinski definition) is 0. The lowest BCUT2D eigenvalue weighted by Gasteiger charge is -2.35. The summed E-state index contributed by atoms with van der Waals surface area (Å²) in [4.78, 5) is 36.8. The monoisotopic (exact) mass is 512 g/mol. The lowest BCUT2D eigenvalue weighted by molar-refractivity contribution is -0.140. The second-order valence-corrected chi connectivity index (χ2v) is 10.9. The van der Waals surface area contributed by atoms with E-state index in [1.54, 1.807) is 16.2 Å². The summed E-state index contributed by atoms with van der Waals surface area (Å²) in [5, 5.41) is 3.18. The van der Waals surface area contributed by atoms with Crippen molar-refractivity contribution in [1.82, 2.24) is 14.8 Å². The fourth-order valence-corrected chi connectivity index (χ4v) is 6.90. The van der Waals surface area contributed by atoms with Gasteiger partial charge >= 0.3 is 0 Å². The topological polar surface area (TPSA) is 56.8 Å². The van der Waals surface area contributed by atoms with E-state index in [1.165, 1.54) is 0 Å². The van der Waals surface area contributed by atoms with E-state index in [4.69, 9.17) is 4.98 Å². The van der Waals surface area contributed by atoms with Gasteiger partial charge in [-0.05, 0) is 30.4 Å². The molecule has 1 aromatic carbocycles. The van der Waals surface area contributed by atoms with Crippen molar-refractivity contribution < 1.29 is 9.59 Å². The number of halogens is 1. The molecule has 2 saturated heterocycles. The molecule has 4 aliphatic rings. The Kier molecular flexibility index (Phi) is 5.19. The van der Waals surface area contributed by atoms with Crippen LogP contribution in [0, 0.1) is 23.7 Å². The first-order chi connectivity index (χ1) is 15.6. The average molecular weight is 513 g/mol. The van der Waals surface area contributed by atoms with Crippen LogP contribution in [0.5, 0.6) is 0 Å². The van der Waals surface area contributed by atoms with Crippen molar-refractivity contribution in [2.24, 2.45) is 23.7 Å². The molecule has 2 aliphatic heterocycles. The highest BCUT2D eigenvalue weighted by atomic mass is 79.9. The molecule has 2 bridgehead atoms. The first-order valence-corrected chi connectivity index (χ1v) is 13.0. The molecule has 8 heteroatoms. The fraction of sp³-hybridized carbons (Fsp3) is 0.458. The first-order valence-electron chi connectivity index (χ1n) is 11.3. The third kappa shape index (κ3) is 3.43. The van der Waals surface area contributed by atoms with E-state index in [0.717, 1.165) is 60.0 Å². The Morgan fingerprint density at radius 3 is 2.25 bits per heavy atom. The molecular formula is C24H25BrN4O2S. The summed E-state index contributed by atoms with van der Waals surface area (Å²) in [6.07, 6.45) is 5.30. The van der Waals surface area contributed by atoms with Crippen LogP contribution in [0.2, 0.25) is 0 Å². The molecule has 2 aliphatic carbocycles. The van der Waals surface area contributed by atoms with Gasteiger partial charge in [0.2, 0.25) is 11.8 Å². The number of piperazine rings is 1.